The number of halogens is 1. The fourth-order valence-electron chi connectivity index (χ4n) is 2.56. The molecule has 2 aromatic rings. The van der Waals surface area contributed by atoms with Crippen LogP contribution < -0.4 is 10.1 Å². The molecule has 7 nitrogen and oxygen atoms in total. The van der Waals surface area contributed by atoms with Crippen LogP contribution in [0.4, 0.5) is 4.79 Å². The Morgan fingerprint density at radius 2 is 1.93 bits per heavy atom. The lowest BCUT2D eigenvalue weighted by Gasteiger charge is -2.11. The van der Waals surface area contributed by atoms with Crippen molar-refractivity contribution in [3.8, 4) is 5.75 Å². The van der Waals surface area contributed by atoms with Crippen molar-refractivity contribution in [2.24, 2.45) is 0 Å². The van der Waals surface area contributed by atoms with Crippen LogP contribution in [-0.4, -0.2) is 36.5 Å². The molecule has 1 heterocycles. The molecule has 1 aliphatic rings. The first kappa shape index (κ1) is 19.6. The number of ether oxygens (including phenoxy) is 2. The Balaban J connectivity index is 1.83. The highest BCUT2D eigenvalue weighted by Gasteiger charge is 2.35. The van der Waals surface area contributed by atoms with Gasteiger partial charge in [0, 0.05) is 10.0 Å². The molecule has 1 N–H and O–H groups in total. The fraction of sp³-hybridized carbons (Fsp3) is 0.150. The van der Waals surface area contributed by atoms with E-state index in [0.29, 0.717) is 17.9 Å². The molecule has 0 atom stereocenters. The Kier molecular flexibility index (Phi) is 6.10. The number of imide groups is 1. The first-order valence-electron chi connectivity index (χ1n) is 8.35. The molecule has 144 valence electrons. The Morgan fingerprint density at radius 3 is 2.64 bits per heavy atom. The van der Waals surface area contributed by atoms with Crippen molar-refractivity contribution in [2.75, 3.05) is 13.7 Å². The smallest absolute Gasteiger partial charge is 0.329 e. The summed E-state index contributed by atoms with van der Waals surface area (Å²) in [5, 5.41) is 2.47. The summed E-state index contributed by atoms with van der Waals surface area (Å²) in [7, 11) is 1.19. The number of nitrogens with zero attached hydrogens (tertiary/aromatic N) is 1. The molecule has 3 rings (SSSR count). The van der Waals surface area contributed by atoms with E-state index in [1.54, 1.807) is 12.1 Å². The predicted molar refractivity (Wildman–Crippen MR) is 105 cm³/mol. The number of rotatable bonds is 6. The van der Waals surface area contributed by atoms with Gasteiger partial charge in [0.25, 0.3) is 5.91 Å². The molecule has 0 bridgehead atoms. The van der Waals surface area contributed by atoms with Crippen LogP contribution in [0.5, 0.6) is 5.75 Å². The summed E-state index contributed by atoms with van der Waals surface area (Å²) in [5.41, 5.74) is 1.66. The lowest BCUT2D eigenvalue weighted by atomic mass is 10.1. The Bertz CT molecular complexity index is 943. The van der Waals surface area contributed by atoms with E-state index in [1.807, 2.05) is 36.4 Å². The van der Waals surface area contributed by atoms with Crippen molar-refractivity contribution in [3.05, 3.63) is 69.8 Å². The van der Waals surface area contributed by atoms with Gasteiger partial charge in [0.1, 0.15) is 24.6 Å². The number of urea groups is 1. The van der Waals surface area contributed by atoms with Gasteiger partial charge in [-0.2, -0.15) is 0 Å². The summed E-state index contributed by atoms with van der Waals surface area (Å²) in [6.45, 7) is -0.0955. The summed E-state index contributed by atoms with van der Waals surface area (Å²) in [5.74, 6) is -0.739. The highest BCUT2D eigenvalue weighted by molar-refractivity contribution is 9.10. The van der Waals surface area contributed by atoms with Gasteiger partial charge < -0.3 is 14.8 Å². The maximum atomic E-state index is 12.5. The van der Waals surface area contributed by atoms with Crippen LogP contribution in [0.25, 0.3) is 6.08 Å². The maximum Gasteiger partial charge on any atom is 0.329 e. The first-order valence-corrected chi connectivity index (χ1v) is 9.15. The Labute approximate surface area is 170 Å². The van der Waals surface area contributed by atoms with Gasteiger partial charge in [0.2, 0.25) is 0 Å². The molecule has 1 saturated heterocycles. The van der Waals surface area contributed by atoms with Crippen molar-refractivity contribution >= 4 is 39.9 Å². The van der Waals surface area contributed by atoms with Crippen LogP contribution in [-0.2, 0) is 20.9 Å². The average molecular weight is 445 g/mol. The van der Waals surface area contributed by atoms with E-state index in [1.165, 1.54) is 13.2 Å². The van der Waals surface area contributed by atoms with Gasteiger partial charge in [-0.3, -0.25) is 9.59 Å². The third kappa shape index (κ3) is 4.58. The van der Waals surface area contributed by atoms with Crippen LogP contribution in [0.3, 0.4) is 0 Å². The van der Waals surface area contributed by atoms with E-state index >= 15 is 0 Å². The van der Waals surface area contributed by atoms with E-state index in [2.05, 4.69) is 26.0 Å². The predicted octanol–water partition coefficient (Wildman–Crippen LogP) is 3.09. The van der Waals surface area contributed by atoms with E-state index in [0.717, 1.165) is 14.9 Å². The number of hydrogen-bond acceptors (Lipinski definition) is 5. The molecule has 0 aromatic heterocycles. The van der Waals surface area contributed by atoms with Crippen LogP contribution in [0.2, 0.25) is 0 Å². The minimum atomic E-state index is -0.681. The second-order valence-corrected chi connectivity index (χ2v) is 6.83. The summed E-state index contributed by atoms with van der Waals surface area (Å²) in [4.78, 5) is 36.7. The van der Waals surface area contributed by atoms with E-state index in [-0.39, 0.29) is 5.70 Å². The average Bonchev–Trinajstić information content (AvgIpc) is 2.95. The van der Waals surface area contributed by atoms with Crippen molar-refractivity contribution in [1.29, 1.82) is 0 Å². The molecule has 0 unspecified atom stereocenters. The lowest BCUT2D eigenvalue weighted by Crippen LogP contribution is -2.36. The first-order chi connectivity index (χ1) is 13.5. The Hall–Kier alpha value is -3.13. The number of benzene rings is 2. The van der Waals surface area contributed by atoms with Gasteiger partial charge in [0.15, 0.2) is 0 Å². The van der Waals surface area contributed by atoms with Gasteiger partial charge in [-0.1, -0.05) is 46.3 Å². The van der Waals surface area contributed by atoms with E-state index in [9.17, 15) is 14.4 Å². The third-order valence-corrected chi connectivity index (χ3v) is 4.48. The highest BCUT2D eigenvalue weighted by atomic mass is 79.9. The van der Waals surface area contributed by atoms with Crippen LogP contribution >= 0.6 is 15.9 Å². The fourth-order valence-corrected chi connectivity index (χ4v) is 2.94. The van der Waals surface area contributed by atoms with E-state index in [4.69, 9.17) is 4.74 Å². The molecule has 28 heavy (non-hydrogen) atoms. The van der Waals surface area contributed by atoms with Gasteiger partial charge in [0.05, 0.1) is 7.11 Å². The quantitative estimate of drug-likeness (QED) is 0.420. The SMILES string of the molecule is COC(=O)CN1C(=O)N/C(=C/c2cc(Br)ccc2OCc2ccccc2)C1=O. The highest BCUT2D eigenvalue weighted by Crippen LogP contribution is 2.27. The van der Waals surface area contributed by atoms with Gasteiger partial charge >= 0.3 is 12.0 Å². The molecule has 3 amide bonds. The number of amides is 3. The second-order valence-electron chi connectivity index (χ2n) is 5.91. The zero-order valence-corrected chi connectivity index (χ0v) is 16.6. The standard InChI is InChI=1S/C20H17BrN2O5/c1-27-18(24)11-23-19(25)16(22-20(23)26)10-14-9-15(21)7-8-17(14)28-12-13-5-3-2-4-6-13/h2-10H,11-12H2,1H3,(H,22,26)/b16-10+. The topological polar surface area (TPSA) is 84.9 Å². The molecule has 1 aliphatic heterocycles. The summed E-state index contributed by atoms with van der Waals surface area (Å²) >= 11 is 3.39. The van der Waals surface area contributed by atoms with Crippen LogP contribution in [0.15, 0.2) is 58.7 Å². The number of carbonyl (C=O) groups is 3. The maximum absolute atomic E-state index is 12.5. The number of esters is 1. The summed E-state index contributed by atoms with van der Waals surface area (Å²) in [6, 6.07) is 14.3. The van der Waals surface area contributed by atoms with E-state index < -0.39 is 24.5 Å². The third-order valence-electron chi connectivity index (χ3n) is 3.99. The minimum Gasteiger partial charge on any atom is -0.488 e. The minimum absolute atomic E-state index is 0.0524. The number of hydrogen-bond donors (Lipinski definition) is 1. The molecule has 0 aliphatic carbocycles. The Morgan fingerprint density at radius 1 is 1.18 bits per heavy atom. The van der Waals surface area contributed by atoms with Gasteiger partial charge in [-0.15, -0.1) is 0 Å². The van der Waals surface area contributed by atoms with Crippen molar-refractivity contribution < 1.29 is 23.9 Å². The second kappa shape index (κ2) is 8.71. The van der Waals surface area contributed by atoms with Crippen LogP contribution in [0, 0.1) is 0 Å². The molecule has 1 fully saturated rings. The van der Waals surface area contributed by atoms with Crippen molar-refractivity contribution in [1.82, 2.24) is 10.2 Å². The zero-order chi connectivity index (χ0) is 20.1. The summed E-state index contributed by atoms with van der Waals surface area (Å²) < 4.78 is 11.2. The number of methoxy groups -OCH3 is 1. The van der Waals surface area contributed by atoms with Crippen molar-refractivity contribution in [3.63, 3.8) is 0 Å². The van der Waals surface area contributed by atoms with Gasteiger partial charge in [-0.25, -0.2) is 9.69 Å². The normalized spacial score (nSPS) is 14.9. The summed E-state index contributed by atoms with van der Waals surface area (Å²) in [6.07, 6.45) is 1.52. The van der Waals surface area contributed by atoms with Crippen molar-refractivity contribution in [2.45, 2.75) is 6.61 Å². The largest absolute Gasteiger partial charge is 0.488 e. The molecule has 8 heteroatoms. The molecular weight excluding hydrogens is 428 g/mol. The zero-order valence-electron chi connectivity index (χ0n) is 15.0. The molecule has 0 saturated carbocycles. The number of nitrogens with one attached hydrogen (secondary N) is 1. The van der Waals surface area contributed by atoms with Crippen LogP contribution in [0.1, 0.15) is 11.1 Å². The molecule has 0 spiro atoms. The number of carbonyl (C=O) groups excluding carboxylic acids is 3. The van der Waals surface area contributed by atoms with Gasteiger partial charge in [-0.05, 0) is 29.8 Å². The lowest BCUT2D eigenvalue weighted by molar-refractivity contribution is -0.143. The molecule has 0 radical (unpaired) electrons. The monoisotopic (exact) mass is 444 g/mol. The molecule has 2 aromatic carbocycles. The molecular formula is C20H17BrN2O5.